The van der Waals surface area contributed by atoms with Gasteiger partial charge in [0.2, 0.25) is 5.91 Å². The topological polar surface area (TPSA) is 23.6 Å². The summed E-state index contributed by atoms with van der Waals surface area (Å²) < 4.78 is 0. The van der Waals surface area contributed by atoms with E-state index in [1.165, 1.54) is 32.1 Å². The minimum absolute atomic E-state index is 0.301. The van der Waals surface area contributed by atoms with Gasteiger partial charge >= 0.3 is 0 Å². The van der Waals surface area contributed by atoms with Crippen LogP contribution in [0.1, 0.15) is 51.4 Å². The van der Waals surface area contributed by atoms with E-state index in [2.05, 4.69) is 9.80 Å². The molecule has 2 aliphatic rings. The van der Waals surface area contributed by atoms with Crippen molar-refractivity contribution in [1.29, 1.82) is 0 Å². The quantitative estimate of drug-likeness (QED) is 0.748. The number of amides is 1. The van der Waals surface area contributed by atoms with Crippen molar-refractivity contribution in [3.8, 4) is 0 Å². The first-order valence-electron chi connectivity index (χ1n) is 8.38. The summed E-state index contributed by atoms with van der Waals surface area (Å²) in [4.78, 5) is 17.2. The molecular formula is C16H29ClN2O. The number of hydrogen-bond donors (Lipinski definition) is 0. The predicted octanol–water partition coefficient (Wildman–Crippen LogP) is 3.12. The number of halogens is 1. The molecule has 2 fully saturated rings. The Labute approximate surface area is 128 Å². The van der Waals surface area contributed by atoms with Gasteiger partial charge in [-0.25, -0.2) is 0 Å². The summed E-state index contributed by atoms with van der Waals surface area (Å²) in [6.07, 6.45) is 9.78. The van der Waals surface area contributed by atoms with Crippen molar-refractivity contribution in [2.45, 2.75) is 51.4 Å². The van der Waals surface area contributed by atoms with Gasteiger partial charge in [0, 0.05) is 38.0 Å². The Morgan fingerprint density at radius 1 is 0.900 bits per heavy atom. The maximum atomic E-state index is 12.7. The molecule has 20 heavy (non-hydrogen) atoms. The highest BCUT2D eigenvalue weighted by Crippen LogP contribution is 2.24. The van der Waals surface area contributed by atoms with Crippen molar-refractivity contribution in [3.05, 3.63) is 0 Å². The lowest BCUT2D eigenvalue weighted by Crippen LogP contribution is -2.39. The molecular weight excluding hydrogens is 272 g/mol. The maximum absolute atomic E-state index is 12.7. The van der Waals surface area contributed by atoms with Crippen molar-refractivity contribution in [2.75, 3.05) is 38.6 Å². The van der Waals surface area contributed by atoms with Crippen LogP contribution in [-0.4, -0.2) is 54.3 Å². The molecule has 0 radical (unpaired) electrons. The van der Waals surface area contributed by atoms with Gasteiger partial charge in [-0.2, -0.15) is 0 Å². The van der Waals surface area contributed by atoms with Crippen molar-refractivity contribution >= 4 is 17.5 Å². The van der Waals surface area contributed by atoms with E-state index in [9.17, 15) is 4.79 Å². The van der Waals surface area contributed by atoms with Gasteiger partial charge in [-0.1, -0.05) is 32.1 Å². The van der Waals surface area contributed by atoms with Crippen LogP contribution in [0.2, 0.25) is 0 Å². The fourth-order valence-electron chi connectivity index (χ4n) is 3.50. The van der Waals surface area contributed by atoms with Crippen molar-refractivity contribution < 1.29 is 4.79 Å². The van der Waals surface area contributed by atoms with E-state index in [1.54, 1.807) is 0 Å². The molecule has 3 nitrogen and oxygen atoms in total. The maximum Gasteiger partial charge on any atom is 0.225 e. The van der Waals surface area contributed by atoms with Gasteiger partial charge in [-0.3, -0.25) is 4.79 Å². The number of carbonyl (C=O) groups is 1. The largest absolute Gasteiger partial charge is 0.341 e. The molecule has 1 aliphatic carbocycles. The summed E-state index contributed by atoms with van der Waals surface area (Å²) in [5.74, 6) is 1.42. The molecule has 116 valence electrons. The number of nitrogens with zero attached hydrogens (tertiary/aromatic N) is 2. The Balaban J connectivity index is 1.84. The standard InChI is InChI=1S/C16H29ClN2O/c17-9-12-18-10-6-11-19(14-13-18)16(20)15-7-4-2-1-3-5-8-15/h15H,1-14H2. The fourth-order valence-corrected chi connectivity index (χ4v) is 3.73. The number of rotatable bonds is 3. The van der Waals surface area contributed by atoms with Gasteiger partial charge in [-0.15, -0.1) is 11.6 Å². The van der Waals surface area contributed by atoms with Gasteiger partial charge in [0.05, 0.1) is 0 Å². The lowest BCUT2D eigenvalue weighted by Gasteiger charge is -2.27. The lowest BCUT2D eigenvalue weighted by molar-refractivity contribution is -0.136. The molecule has 0 spiro atoms. The van der Waals surface area contributed by atoms with Gasteiger partial charge in [0.15, 0.2) is 0 Å². The molecule has 1 saturated carbocycles. The number of carbonyl (C=O) groups excluding carboxylic acids is 1. The highest BCUT2D eigenvalue weighted by Gasteiger charge is 2.26. The smallest absolute Gasteiger partial charge is 0.225 e. The molecule has 0 atom stereocenters. The van der Waals surface area contributed by atoms with E-state index in [-0.39, 0.29) is 0 Å². The van der Waals surface area contributed by atoms with Gasteiger partial charge < -0.3 is 9.80 Å². The highest BCUT2D eigenvalue weighted by atomic mass is 35.5. The zero-order chi connectivity index (χ0) is 14.2. The summed E-state index contributed by atoms with van der Waals surface area (Å²) in [5.41, 5.74) is 0. The SMILES string of the molecule is O=C(C1CCCCCCC1)N1CCCN(CCCl)CC1. The van der Waals surface area contributed by atoms with E-state index in [4.69, 9.17) is 11.6 Å². The second-order valence-electron chi connectivity index (χ2n) is 6.25. The molecule has 0 aromatic heterocycles. The van der Waals surface area contributed by atoms with E-state index in [1.807, 2.05) is 0 Å². The van der Waals surface area contributed by atoms with E-state index in [0.29, 0.717) is 17.7 Å². The second-order valence-corrected chi connectivity index (χ2v) is 6.63. The average Bonchev–Trinajstić information content (AvgIpc) is 2.64. The van der Waals surface area contributed by atoms with Gasteiger partial charge in [0.25, 0.3) is 0 Å². The molecule has 0 N–H and O–H groups in total. The molecule has 4 heteroatoms. The number of hydrogen-bond acceptors (Lipinski definition) is 2. The first-order chi connectivity index (χ1) is 9.81. The molecule has 2 rings (SSSR count). The Morgan fingerprint density at radius 3 is 2.30 bits per heavy atom. The number of alkyl halides is 1. The van der Waals surface area contributed by atoms with Crippen LogP contribution >= 0.6 is 11.6 Å². The Kier molecular flexibility index (Phi) is 7.15. The predicted molar refractivity (Wildman–Crippen MR) is 84.2 cm³/mol. The molecule has 1 saturated heterocycles. The van der Waals surface area contributed by atoms with Crippen LogP contribution in [0.3, 0.4) is 0 Å². The zero-order valence-electron chi connectivity index (χ0n) is 12.7. The van der Waals surface area contributed by atoms with Crippen LogP contribution in [0, 0.1) is 5.92 Å². The summed E-state index contributed by atoms with van der Waals surface area (Å²) >= 11 is 5.82. The summed E-state index contributed by atoms with van der Waals surface area (Å²) in [6.45, 7) is 4.86. The lowest BCUT2D eigenvalue weighted by atomic mass is 9.90. The first kappa shape index (κ1) is 16.1. The Bertz CT molecular complexity index is 290. The zero-order valence-corrected chi connectivity index (χ0v) is 13.4. The average molecular weight is 301 g/mol. The van der Waals surface area contributed by atoms with Crippen LogP contribution in [-0.2, 0) is 4.79 Å². The minimum Gasteiger partial charge on any atom is -0.341 e. The van der Waals surface area contributed by atoms with E-state index in [0.717, 1.165) is 52.0 Å². The van der Waals surface area contributed by atoms with Crippen LogP contribution in [0.5, 0.6) is 0 Å². The third-order valence-corrected chi connectivity index (χ3v) is 4.92. The Morgan fingerprint density at radius 2 is 1.60 bits per heavy atom. The molecule has 0 aromatic carbocycles. The van der Waals surface area contributed by atoms with E-state index < -0.39 is 0 Å². The van der Waals surface area contributed by atoms with Crippen molar-refractivity contribution in [2.24, 2.45) is 5.92 Å². The molecule has 0 aromatic rings. The van der Waals surface area contributed by atoms with E-state index >= 15 is 0 Å². The van der Waals surface area contributed by atoms with Gasteiger partial charge in [0.1, 0.15) is 0 Å². The fraction of sp³-hybridized carbons (Fsp3) is 0.938. The molecule has 0 bridgehead atoms. The molecule has 1 heterocycles. The minimum atomic E-state index is 0.301. The third kappa shape index (κ3) is 4.92. The van der Waals surface area contributed by atoms with Gasteiger partial charge in [-0.05, 0) is 25.8 Å². The summed E-state index contributed by atoms with van der Waals surface area (Å²) in [7, 11) is 0. The van der Waals surface area contributed by atoms with Crippen LogP contribution in [0.4, 0.5) is 0 Å². The molecule has 1 amide bonds. The second kappa shape index (κ2) is 8.89. The van der Waals surface area contributed by atoms with Crippen molar-refractivity contribution in [3.63, 3.8) is 0 Å². The first-order valence-corrected chi connectivity index (χ1v) is 8.92. The monoisotopic (exact) mass is 300 g/mol. The highest BCUT2D eigenvalue weighted by molar-refractivity contribution is 6.18. The van der Waals surface area contributed by atoms with Crippen LogP contribution < -0.4 is 0 Å². The molecule has 1 aliphatic heterocycles. The Hall–Kier alpha value is -0.280. The summed E-state index contributed by atoms with van der Waals surface area (Å²) in [6, 6.07) is 0. The van der Waals surface area contributed by atoms with Crippen LogP contribution in [0.25, 0.3) is 0 Å². The summed E-state index contributed by atoms with van der Waals surface area (Å²) in [5, 5.41) is 0. The normalized spacial score (nSPS) is 23.9. The van der Waals surface area contributed by atoms with Crippen molar-refractivity contribution in [1.82, 2.24) is 9.80 Å². The third-order valence-electron chi connectivity index (χ3n) is 4.76. The molecule has 0 unspecified atom stereocenters. The van der Waals surface area contributed by atoms with Crippen LogP contribution in [0.15, 0.2) is 0 Å².